The maximum absolute atomic E-state index is 12.5. The summed E-state index contributed by atoms with van der Waals surface area (Å²) in [4.78, 5) is 11.8. The van der Waals surface area contributed by atoms with Crippen molar-refractivity contribution < 1.29 is 18.0 Å². The van der Waals surface area contributed by atoms with Gasteiger partial charge in [-0.3, -0.25) is 4.79 Å². The fourth-order valence-corrected chi connectivity index (χ4v) is 2.90. The van der Waals surface area contributed by atoms with Crippen LogP contribution in [0.2, 0.25) is 0 Å². The Morgan fingerprint density at radius 1 is 1.45 bits per heavy atom. The highest BCUT2D eigenvalue weighted by Crippen LogP contribution is 2.30. The number of rotatable bonds is 4. The Morgan fingerprint density at radius 3 is 2.59 bits per heavy atom. The van der Waals surface area contributed by atoms with E-state index < -0.39 is 23.4 Å². The van der Waals surface area contributed by atoms with E-state index in [1.807, 2.05) is 0 Å². The summed E-state index contributed by atoms with van der Waals surface area (Å²) in [5.74, 6) is 3.27. The Balaban J connectivity index is 1.95. The molecule has 0 saturated heterocycles. The lowest BCUT2D eigenvalue weighted by Gasteiger charge is -2.21. The third kappa shape index (κ3) is 3.44. The summed E-state index contributed by atoms with van der Waals surface area (Å²) in [6.45, 7) is 0. The van der Waals surface area contributed by atoms with E-state index in [1.165, 1.54) is 0 Å². The highest BCUT2D eigenvalue weighted by atomic mass is 32.2. The predicted molar refractivity (Wildman–Crippen MR) is 70.9 cm³/mol. The number of nitrogens with one attached hydrogen (secondary N) is 1. The van der Waals surface area contributed by atoms with Crippen molar-refractivity contribution in [3.8, 4) is 6.07 Å². The zero-order valence-corrected chi connectivity index (χ0v) is 12.2. The smallest absolute Gasteiger partial charge is 0.337 e. The standard InChI is InChI=1S/C11H13F3N6OS/c12-11(13,14)8-18-19-9(20(8)16)22-5-7(21)17-10(6-15)3-1-2-4-10/h1-5,16H2,(H,17,21). The summed E-state index contributed by atoms with van der Waals surface area (Å²) < 4.78 is 37.8. The summed E-state index contributed by atoms with van der Waals surface area (Å²) in [5.41, 5.74) is -0.870. The van der Waals surface area contributed by atoms with Crippen LogP contribution >= 0.6 is 11.8 Å². The second kappa shape index (κ2) is 6.04. The molecule has 0 spiro atoms. The van der Waals surface area contributed by atoms with Gasteiger partial charge in [0.15, 0.2) is 0 Å². The number of nitrogens with two attached hydrogens (primary N) is 1. The van der Waals surface area contributed by atoms with Gasteiger partial charge in [-0.15, -0.1) is 10.2 Å². The van der Waals surface area contributed by atoms with Crippen LogP contribution in [0.4, 0.5) is 13.2 Å². The van der Waals surface area contributed by atoms with Crippen LogP contribution in [0.5, 0.6) is 0 Å². The zero-order valence-electron chi connectivity index (χ0n) is 11.4. The van der Waals surface area contributed by atoms with Gasteiger partial charge >= 0.3 is 6.18 Å². The molecule has 3 N–H and O–H groups in total. The topological polar surface area (TPSA) is 110 Å². The third-order valence-corrected chi connectivity index (χ3v) is 4.24. The number of nitriles is 1. The molecule has 1 heterocycles. The van der Waals surface area contributed by atoms with Crippen LogP contribution in [0.3, 0.4) is 0 Å². The minimum absolute atomic E-state index is 0.198. The minimum atomic E-state index is -4.71. The number of amides is 1. The van der Waals surface area contributed by atoms with Crippen molar-refractivity contribution in [1.29, 1.82) is 5.26 Å². The SMILES string of the molecule is N#CC1(NC(=O)CSc2nnc(C(F)(F)F)n2N)CCCC1. The van der Waals surface area contributed by atoms with E-state index >= 15 is 0 Å². The Morgan fingerprint density at radius 2 is 2.09 bits per heavy atom. The maximum atomic E-state index is 12.5. The summed E-state index contributed by atoms with van der Waals surface area (Å²) in [6, 6.07) is 2.09. The first-order valence-corrected chi connectivity index (χ1v) is 7.39. The van der Waals surface area contributed by atoms with E-state index in [4.69, 9.17) is 11.1 Å². The molecule has 1 fully saturated rings. The molecule has 2 rings (SSSR count). The van der Waals surface area contributed by atoms with Crippen LogP contribution in [0.15, 0.2) is 5.16 Å². The summed E-state index contributed by atoms with van der Waals surface area (Å²) in [7, 11) is 0. The first-order valence-electron chi connectivity index (χ1n) is 6.40. The van der Waals surface area contributed by atoms with Crippen molar-refractivity contribution in [3.05, 3.63) is 5.82 Å². The molecule has 22 heavy (non-hydrogen) atoms. The first-order chi connectivity index (χ1) is 10.3. The molecule has 1 amide bonds. The van der Waals surface area contributed by atoms with Crippen molar-refractivity contribution >= 4 is 17.7 Å². The molecular formula is C11H13F3N6OS. The molecule has 0 aliphatic heterocycles. The molecule has 1 aromatic rings. The number of hydrogen-bond acceptors (Lipinski definition) is 6. The monoisotopic (exact) mass is 334 g/mol. The molecule has 7 nitrogen and oxygen atoms in total. The Hall–Kier alpha value is -1.96. The molecule has 0 unspecified atom stereocenters. The lowest BCUT2D eigenvalue weighted by Crippen LogP contribution is -2.45. The molecule has 11 heteroatoms. The fourth-order valence-electron chi connectivity index (χ4n) is 2.25. The van der Waals surface area contributed by atoms with Crippen LogP contribution < -0.4 is 11.2 Å². The molecule has 1 aliphatic rings. The average molecular weight is 334 g/mol. The second-order valence-corrected chi connectivity index (χ2v) is 5.85. The summed E-state index contributed by atoms with van der Waals surface area (Å²) >= 11 is 0.728. The first kappa shape index (κ1) is 16.4. The van der Waals surface area contributed by atoms with Crippen molar-refractivity contribution in [2.75, 3.05) is 11.6 Å². The van der Waals surface area contributed by atoms with Crippen LogP contribution in [-0.2, 0) is 11.0 Å². The van der Waals surface area contributed by atoms with E-state index in [-0.39, 0.29) is 10.9 Å². The van der Waals surface area contributed by atoms with E-state index in [0.717, 1.165) is 24.6 Å². The predicted octanol–water partition coefficient (Wildman–Crippen LogP) is 1.06. The van der Waals surface area contributed by atoms with Crippen LogP contribution in [-0.4, -0.2) is 32.1 Å². The van der Waals surface area contributed by atoms with Gasteiger partial charge in [-0.05, 0) is 25.7 Å². The summed E-state index contributed by atoms with van der Waals surface area (Å²) in [6.07, 6.45) is -1.85. The van der Waals surface area contributed by atoms with E-state index in [9.17, 15) is 18.0 Å². The number of thioether (sulfide) groups is 1. The number of aromatic nitrogens is 3. The fraction of sp³-hybridized carbons (Fsp3) is 0.636. The number of carbonyl (C=O) groups is 1. The normalized spacial score (nSPS) is 17.2. The van der Waals surface area contributed by atoms with Gasteiger partial charge in [0.05, 0.1) is 11.8 Å². The maximum Gasteiger partial charge on any atom is 0.453 e. The van der Waals surface area contributed by atoms with Gasteiger partial charge in [0.1, 0.15) is 5.54 Å². The van der Waals surface area contributed by atoms with Gasteiger partial charge in [-0.1, -0.05) is 11.8 Å². The molecule has 1 aromatic heterocycles. The van der Waals surface area contributed by atoms with Gasteiger partial charge in [-0.25, -0.2) is 4.68 Å². The minimum Gasteiger partial charge on any atom is -0.337 e. The molecule has 0 bridgehead atoms. The molecule has 1 saturated carbocycles. The van der Waals surface area contributed by atoms with Crippen LogP contribution in [0.1, 0.15) is 31.5 Å². The number of hydrogen-bond donors (Lipinski definition) is 2. The van der Waals surface area contributed by atoms with Crippen LogP contribution in [0, 0.1) is 11.3 Å². The lowest BCUT2D eigenvalue weighted by molar-refractivity contribution is -0.146. The molecule has 120 valence electrons. The molecule has 0 aromatic carbocycles. The molecule has 0 atom stereocenters. The van der Waals surface area contributed by atoms with Gasteiger partial charge in [-0.2, -0.15) is 18.4 Å². The van der Waals surface area contributed by atoms with E-state index in [1.54, 1.807) is 0 Å². The van der Waals surface area contributed by atoms with Gasteiger partial charge in [0.2, 0.25) is 11.1 Å². The number of carbonyl (C=O) groups excluding carboxylic acids is 1. The van der Waals surface area contributed by atoms with Crippen molar-refractivity contribution in [2.24, 2.45) is 0 Å². The Kier molecular flexibility index (Phi) is 4.50. The number of halogens is 3. The second-order valence-electron chi connectivity index (χ2n) is 4.91. The molecule has 1 aliphatic carbocycles. The number of nitrogen functional groups attached to an aromatic ring is 1. The average Bonchev–Trinajstić information content (AvgIpc) is 3.03. The van der Waals surface area contributed by atoms with Gasteiger partial charge in [0.25, 0.3) is 5.82 Å². The lowest BCUT2D eigenvalue weighted by atomic mass is 10.0. The molecular weight excluding hydrogens is 321 g/mol. The molecule has 0 radical (unpaired) electrons. The largest absolute Gasteiger partial charge is 0.453 e. The Labute approximate surface area is 128 Å². The van der Waals surface area contributed by atoms with Gasteiger partial charge in [0, 0.05) is 0 Å². The zero-order chi connectivity index (χ0) is 16.4. The van der Waals surface area contributed by atoms with Crippen molar-refractivity contribution in [3.63, 3.8) is 0 Å². The Bertz CT molecular complexity index is 602. The van der Waals surface area contributed by atoms with Gasteiger partial charge < -0.3 is 11.2 Å². The quantitative estimate of drug-likeness (QED) is 0.629. The highest BCUT2D eigenvalue weighted by Gasteiger charge is 2.38. The van der Waals surface area contributed by atoms with Crippen LogP contribution in [0.25, 0.3) is 0 Å². The van der Waals surface area contributed by atoms with Crippen molar-refractivity contribution in [1.82, 2.24) is 20.2 Å². The van der Waals surface area contributed by atoms with E-state index in [0.29, 0.717) is 17.5 Å². The van der Waals surface area contributed by atoms with E-state index in [2.05, 4.69) is 21.6 Å². The number of alkyl halides is 3. The number of nitrogens with zero attached hydrogens (tertiary/aromatic N) is 4. The van der Waals surface area contributed by atoms with Crippen molar-refractivity contribution in [2.45, 2.75) is 42.6 Å². The summed E-state index contributed by atoms with van der Waals surface area (Å²) in [5, 5.41) is 17.8. The third-order valence-electron chi connectivity index (χ3n) is 3.30. The highest BCUT2D eigenvalue weighted by molar-refractivity contribution is 7.99.